The number of halogens is 3. The molecular weight excluding hydrogens is 577 g/mol. The Kier molecular flexibility index (Phi) is 9.26. The first-order valence-electron chi connectivity index (χ1n) is 11.0. The Hall–Kier alpha value is -3.31. The summed E-state index contributed by atoms with van der Waals surface area (Å²) in [4.78, 5) is 36.6. The highest BCUT2D eigenvalue weighted by Gasteiger charge is 2.33. The Bertz CT molecular complexity index is 1510. The minimum absolute atomic E-state index is 0.0526. The highest BCUT2D eigenvalue weighted by atomic mass is 35.5. The minimum Gasteiger partial charge on any atom is -0.506 e. The zero-order valence-electron chi connectivity index (χ0n) is 20.0. The number of aromatic hydroxyl groups is 1. The van der Waals surface area contributed by atoms with Gasteiger partial charge in [0.05, 0.1) is 31.3 Å². The molecule has 0 aliphatic rings. The van der Waals surface area contributed by atoms with Crippen LogP contribution >= 0.6 is 34.8 Å². The zero-order chi connectivity index (χ0) is 28.2. The Morgan fingerprint density at radius 3 is 2.08 bits per heavy atom. The van der Waals surface area contributed by atoms with Gasteiger partial charge in [-0.05, 0) is 55.0 Å². The van der Waals surface area contributed by atoms with Crippen LogP contribution in [0, 0.1) is 0 Å². The molecule has 0 spiro atoms. The van der Waals surface area contributed by atoms with E-state index in [0.717, 1.165) is 6.07 Å². The normalized spacial score (nSPS) is 11.9. The van der Waals surface area contributed by atoms with Crippen molar-refractivity contribution < 1.29 is 27.9 Å². The predicted octanol–water partition coefficient (Wildman–Crippen LogP) is 5.75. The Morgan fingerprint density at radius 2 is 1.50 bits per heavy atom. The fourth-order valence-electron chi connectivity index (χ4n) is 3.44. The molecule has 4 N–H and O–H groups in total. The lowest BCUT2D eigenvalue weighted by Gasteiger charge is -2.18. The average Bonchev–Trinajstić information content (AvgIpc) is 2.84. The second kappa shape index (κ2) is 12.0. The van der Waals surface area contributed by atoms with Crippen molar-refractivity contribution in [2.24, 2.45) is 0 Å². The summed E-state index contributed by atoms with van der Waals surface area (Å²) >= 11 is 18.1. The van der Waals surface area contributed by atoms with Gasteiger partial charge in [0, 0.05) is 24.2 Å². The van der Waals surface area contributed by atoms with Crippen molar-refractivity contribution in [3.8, 4) is 5.75 Å². The predicted molar refractivity (Wildman–Crippen MR) is 148 cm³/mol. The van der Waals surface area contributed by atoms with Crippen LogP contribution in [0.15, 0.2) is 59.5 Å². The van der Waals surface area contributed by atoms with Crippen LogP contribution in [-0.2, 0) is 19.4 Å². The first kappa shape index (κ1) is 29.2. The largest absolute Gasteiger partial charge is 0.506 e. The third kappa shape index (κ3) is 6.76. The number of carbonyl (C=O) groups excluding carboxylic acids is 3. The van der Waals surface area contributed by atoms with Crippen molar-refractivity contribution >= 4 is 79.4 Å². The molecule has 0 saturated heterocycles. The number of carbonyl (C=O) groups is 3. The average molecular weight is 599 g/mol. The maximum Gasteiger partial charge on any atom is 0.255 e. The lowest BCUT2D eigenvalue weighted by atomic mass is 10.2. The summed E-state index contributed by atoms with van der Waals surface area (Å²) in [5.74, 6) is -2.21. The smallest absolute Gasteiger partial charge is 0.255 e. The number of phenolic OH excluding ortho intramolecular Hbond substituents is 1. The van der Waals surface area contributed by atoms with Crippen LogP contribution in [0.1, 0.15) is 30.6 Å². The maximum atomic E-state index is 13.1. The van der Waals surface area contributed by atoms with Gasteiger partial charge < -0.3 is 21.1 Å². The zero-order valence-corrected chi connectivity index (χ0v) is 23.1. The molecule has 1 atom stereocenters. The summed E-state index contributed by atoms with van der Waals surface area (Å²) in [6.07, 6.45) is -0.0526. The summed E-state index contributed by atoms with van der Waals surface area (Å²) in [5.41, 5.74) is 0.468. The molecule has 0 bridgehead atoms. The minimum atomic E-state index is -4.11. The molecule has 38 heavy (non-hydrogen) atoms. The van der Waals surface area contributed by atoms with Gasteiger partial charge in [0.2, 0.25) is 11.8 Å². The van der Waals surface area contributed by atoms with E-state index >= 15 is 0 Å². The molecule has 3 aromatic rings. The summed E-state index contributed by atoms with van der Waals surface area (Å²) in [6.45, 7) is 2.86. The summed E-state index contributed by atoms with van der Waals surface area (Å²) in [7, 11) is -4.11. The fraction of sp³-hybridized carbons (Fsp3) is 0.160. The van der Waals surface area contributed by atoms with Crippen LogP contribution in [0.5, 0.6) is 5.75 Å². The van der Waals surface area contributed by atoms with Crippen LogP contribution in [0.2, 0.25) is 15.1 Å². The van der Waals surface area contributed by atoms with E-state index in [4.69, 9.17) is 34.8 Å². The van der Waals surface area contributed by atoms with E-state index < -0.39 is 32.7 Å². The van der Waals surface area contributed by atoms with Gasteiger partial charge in [0.25, 0.3) is 5.91 Å². The van der Waals surface area contributed by atoms with E-state index in [2.05, 4.69) is 16.0 Å². The number of benzene rings is 3. The molecule has 3 amide bonds. The van der Waals surface area contributed by atoms with Gasteiger partial charge in [-0.1, -0.05) is 41.7 Å². The van der Waals surface area contributed by atoms with Gasteiger partial charge in [-0.3, -0.25) is 14.4 Å². The van der Waals surface area contributed by atoms with E-state index in [0.29, 0.717) is 5.69 Å². The van der Waals surface area contributed by atoms with Crippen LogP contribution in [-0.4, -0.2) is 36.5 Å². The second-order valence-corrected chi connectivity index (χ2v) is 11.4. The maximum absolute atomic E-state index is 13.1. The van der Waals surface area contributed by atoms with Crippen molar-refractivity contribution in [2.45, 2.75) is 30.4 Å². The second-order valence-electron chi connectivity index (χ2n) is 8.07. The molecular formula is C25H22Cl3N3O6S. The lowest BCUT2D eigenvalue weighted by Crippen LogP contribution is -2.34. The van der Waals surface area contributed by atoms with E-state index in [1.807, 2.05) is 0 Å². The molecule has 0 fully saturated rings. The van der Waals surface area contributed by atoms with E-state index in [-0.39, 0.29) is 49.2 Å². The third-order valence-corrected chi connectivity index (χ3v) is 8.59. The first-order chi connectivity index (χ1) is 17.8. The molecule has 0 saturated carbocycles. The number of phenols is 1. The summed E-state index contributed by atoms with van der Waals surface area (Å²) in [5, 5.41) is 16.8. The van der Waals surface area contributed by atoms with Crippen molar-refractivity contribution in [2.75, 3.05) is 16.0 Å². The van der Waals surface area contributed by atoms with Gasteiger partial charge in [-0.2, -0.15) is 0 Å². The molecule has 9 nitrogen and oxygen atoms in total. The molecule has 0 aromatic heterocycles. The van der Waals surface area contributed by atoms with Gasteiger partial charge >= 0.3 is 0 Å². The lowest BCUT2D eigenvalue weighted by molar-refractivity contribution is -0.116. The van der Waals surface area contributed by atoms with Crippen LogP contribution in [0.25, 0.3) is 0 Å². The van der Waals surface area contributed by atoms with E-state index in [9.17, 15) is 27.9 Å². The van der Waals surface area contributed by atoms with Crippen molar-refractivity contribution in [1.82, 2.24) is 0 Å². The van der Waals surface area contributed by atoms with Crippen molar-refractivity contribution in [3.63, 3.8) is 0 Å². The van der Waals surface area contributed by atoms with Crippen molar-refractivity contribution in [1.29, 1.82) is 0 Å². The Labute approximate surface area is 234 Å². The number of sulfone groups is 1. The number of hydrogen-bond donors (Lipinski definition) is 4. The summed E-state index contributed by atoms with van der Waals surface area (Å²) in [6, 6.07) is 11.9. The number of anilines is 3. The number of rotatable bonds is 8. The molecule has 0 heterocycles. The topological polar surface area (TPSA) is 142 Å². The van der Waals surface area contributed by atoms with E-state index in [1.165, 1.54) is 62.4 Å². The highest BCUT2D eigenvalue weighted by Crippen LogP contribution is 2.35. The van der Waals surface area contributed by atoms with Crippen molar-refractivity contribution in [3.05, 3.63) is 75.2 Å². The molecule has 3 rings (SSSR count). The Morgan fingerprint density at radius 1 is 0.842 bits per heavy atom. The molecule has 0 radical (unpaired) electrons. The van der Waals surface area contributed by atoms with Gasteiger partial charge in [0.1, 0.15) is 11.0 Å². The molecule has 3 aromatic carbocycles. The number of amides is 3. The van der Waals surface area contributed by atoms with Crippen LogP contribution < -0.4 is 16.0 Å². The first-order valence-corrected chi connectivity index (χ1v) is 13.7. The molecule has 0 aliphatic heterocycles. The number of nitrogens with one attached hydrogen (secondary N) is 3. The van der Waals surface area contributed by atoms with E-state index in [1.54, 1.807) is 0 Å². The van der Waals surface area contributed by atoms with Crippen LogP contribution in [0.3, 0.4) is 0 Å². The van der Waals surface area contributed by atoms with Gasteiger partial charge in [0.15, 0.2) is 9.84 Å². The number of hydrogen-bond acceptors (Lipinski definition) is 6. The monoisotopic (exact) mass is 597 g/mol. The molecule has 200 valence electrons. The van der Waals surface area contributed by atoms with Crippen LogP contribution in [0.4, 0.5) is 17.1 Å². The highest BCUT2D eigenvalue weighted by molar-refractivity contribution is 7.92. The quantitative estimate of drug-likeness (QED) is 0.243. The Balaban J connectivity index is 1.78. The van der Waals surface area contributed by atoms with Gasteiger partial charge in [-0.15, -0.1) is 0 Å². The summed E-state index contributed by atoms with van der Waals surface area (Å²) < 4.78 is 26.3. The fourth-order valence-corrected chi connectivity index (χ4v) is 5.58. The third-order valence-electron chi connectivity index (χ3n) is 5.31. The molecule has 0 aliphatic carbocycles. The SMILES string of the molecule is CCC(C(=O)Nc1cc(O)c(NC(=O)c2ccc(Cl)c(Cl)c2)cc1Cl)S(=O)(=O)c1ccc(NC(C)=O)cc1. The molecule has 13 heteroatoms. The van der Waals surface area contributed by atoms with Gasteiger partial charge in [-0.25, -0.2) is 8.42 Å². The molecule has 1 unspecified atom stereocenters. The standard InChI is InChI=1S/C25H22Cl3N3O6S/c1-3-23(38(36,37)16-7-5-15(6-8-16)29-13(2)32)25(35)30-20-12-22(33)21(11-19(20)28)31-24(34)14-4-9-17(26)18(27)10-14/h4-12,23,33H,3H2,1-2H3,(H,29,32)(H,30,35)(H,31,34).